The number of carbonyl (C=O) groups is 1. The van der Waals surface area contributed by atoms with E-state index >= 15 is 0 Å². The molecule has 1 amide bonds. The minimum Gasteiger partial charge on any atom is -0.507 e. The summed E-state index contributed by atoms with van der Waals surface area (Å²) < 4.78 is 0.692. The van der Waals surface area contributed by atoms with E-state index in [1.54, 1.807) is 30.3 Å². The van der Waals surface area contributed by atoms with Crippen LogP contribution in [-0.4, -0.2) is 16.1 Å². The largest absolute Gasteiger partial charge is 0.507 e. The molecular formula is C14H12BrNO3. The molecule has 3 N–H and O–H groups in total. The minimum absolute atomic E-state index is 0.103. The molecule has 0 saturated heterocycles. The summed E-state index contributed by atoms with van der Waals surface area (Å²) in [5, 5.41) is 21.6. The average molecular weight is 322 g/mol. The van der Waals surface area contributed by atoms with E-state index in [1.807, 2.05) is 0 Å². The highest BCUT2D eigenvalue weighted by atomic mass is 79.9. The van der Waals surface area contributed by atoms with Crippen LogP contribution in [0.3, 0.4) is 0 Å². The summed E-state index contributed by atoms with van der Waals surface area (Å²) in [6.07, 6.45) is 0. The SMILES string of the molecule is O=C(Nc1ccccc1CO)c1ccc(Br)cc1O. The number of carbonyl (C=O) groups excluding carboxylic acids is 1. The van der Waals surface area contributed by atoms with Crippen LogP contribution < -0.4 is 5.32 Å². The van der Waals surface area contributed by atoms with Gasteiger partial charge in [0.1, 0.15) is 5.75 Å². The Morgan fingerprint density at radius 3 is 2.63 bits per heavy atom. The lowest BCUT2D eigenvalue weighted by Gasteiger charge is -2.10. The van der Waals surface area contributed by atoms with E-state index < -0.39 is 5.91 Å². The van der Waals surface area contributed by atoms with Crippen molar-refractivity contribution in [2.75, 3.05) is 5.32 Å². The zero-order chi connectivity index (χ0) is 13.8. The molecule has 0 fully saturated rings. The third kappa shape index (κ3) is 3.13. The summed E-state index contributed by atoms with van der Waals surface area (Å²) in [7, 11) is 0. The average Bonchev–Trinajstić information content (AvgIpc) is 2.39. The van der Waals surface area contributed by atoms with E-state index in [2.05, 4.69) is 21.2 Å². The van der Waals surface area contributed by atoms with Gasteiger partial charge >= 0.3 is 0 Å². The molecule has 0 aliphatic rings. The summed E-state index contributed by atoms with van der Waals surface area (Å²) >= 11 is 3.21. The molecule has 0 unspecified atom stereocenters. The van der Waals surface area contributed by atoms with Crippen molar-refractivity contribution in [2.45, 2.75) is 6.61 Å². The first-order chi connectivity index (χ1) is 9.11. The van der Waals surface area contributed by atoms with Crippen LogP contribution in [0.4, 0.5) is 5.69 Å². The van der Waals surface area contributed by atoms with Gasteiger partial charge in [0.05, 0.1) is 12.2 Å². The van der Waals surface area contributed by atoms with E-state index in [9.17, 15) is 15.0 Å². The number of aromatic hydroxyl groups is 1. The molecule has 98 valence electrons. The van der Waals surface area contributed by atoms with E-state index in [4.69, 9.17) is 0 Å². The van der Waals surface area contributed by atoms with Crippen molar-refractivity contribution >= 4 is 27.5 Å². The van der Waals surface area contributed by atoms with E-state index in [1.165, 1.54) is 12.1 Å². The molecule has 0 aliphatic heterocycles. The molecule has 2 aromatic carbocycles. The Kier molecular flexibility index (Phi) is 4.19. The molecule has 2 aromatic rings. The lowest BCUT2D eigenvalue weighted by Crippen LogP contribution is -2.13. The van der Waals surface area contributed by atoms with Gasteiger partial charge in [0.2, 0.25) is 0 Å². The van der Waals surface area contributed by atoms with Gasteiger partial charge in [-0.1, -0.05) is 34.1 Å². The molecule has 0 bridgehead atoms. The Hall–Kier alpha value is -1.85. The van der Waals surface area contributed by atoms with Crippen LogP contribution in [-0.2, 0) is 6.61 Å². The van der Waals surface area contributed by atoms with Gasteiger partial charge < -0.3 is 15.5 Å². The number of anilines is 1. The highest BCUT2D eigenvalue weighted by Gasteiger charge is 2.12. The molecule has 0 heterocycles. The van der Waals surface area contributed by atoms with Crippen LogP contribution in [0.25, 0.3) is 0 Å². The van der Waals surface area contributed by atoms with Crippen LogP contribution in [0, 0.1) is 0 Å². The van der Waals surface area contributed by atoms with Crippen molar-refractivity contribution in [3.8, 4) is 5.75 Å². The number of hydrogen-bond donors (Lipinski definition) is 3. The number of aliphatic hydroxyl groups excluding tert-OH is 1. The van der Waals surface area contributed by atoms with Crippen LogP contribution in [0.2, 0.25) is 0 Å². The second-order valence-electron chi connectivity index (χ2n) is 3.93. The van der Waals surface area contributed by atoms with Gasteiger partial charge in [0.15, 0.2) is 0 Å². The normalized spacial score (nSPS) is 10.2. The number of phenols is 1. The molecule has 0 atom stereocenters. The second-order valence-corrected chi connectivity index (χ2v) is 4.85. The summed E-state index contributed by atoms with van der Waals surface area (Å²) in [5.41, 5.74) is 1.32. The highest BCUT2D eigenvalue weighted by molar-refractivity contribution is 9.10. The number of rotatable bonds is 3. The standard InChI is InChI=1S/C14H12BrNO3/c15-10-5-6-11(13(18)7-10)14(19)16-12-4-2-1-3-9(12)8-17/h1-7,17-18H,8H2,(H,16,19). The predicted molar refractivity (Wildman–Crippen MR) is 76.1 cm³/mol. The fraction of sp³-hybridized carbons (Fsp3) is 0.0714. The number of nitrogens with one attached hydrogen (secondary N) is 1. The maximum Gasteiger partial charge on any atom is 0.259 e. The van der Waals surface area contributed by atoms with E-state index in [-0.39, 0.29) is 17.9 Å². The number of aliphatic hydroxyl groups is 1. The third-order valence-corrected chi connectivity index (χ3v) is 3.13. The van der Waals surface area contributed by atoms with Gasteiger partial charge in [-0.05, 0) is 24.3 Å². The first kappa shape index (κ1) is 13.6. The quantitative estimate of drug-likeness (QED) is 0.814. The lowest BCUT2D eigenvalue weighted by molar-refractivity contribution is 0.102. The Balaban J connectivity index is 2.26. The van der Waals surface area contributed by atoms with Crippen molar-refractivity contribution in [3.63, 3.8) is 0 Å². The maximum absolute atomic E-state index is 12.0. The molecule has 4 nitrogen and oxygen atoms in total. The van der Waals surface area contributed by atoms with Gasteiger partial charge in [-0.3, -0.25) is 4.79 Å². The van der Waals surface area contributed by atoms with Crippen LogP contribution in [0.5, 0.6) is 5.75 Å². The lowest BCUT2D eigenvalue weighted by atomic mass is 10.1. The molecule has 0 radical (unpaired) electrons. The Bertz CT molecular complexity index is 613. The van der Waals surface area contributed by atoms with Crippen molar-refractivity contribution in [2.24, 2.45) is 0 Å². The van der Waals surface area contributed by atoms with Crippen molar-refractivity contribution in [3.05, 3.63) is 58.1 Å². The second kappa shape index (κ2) is 5.86. The summed E-state index contributed by atoms with van der Waals surface area (Å²) in [6.45, 7) is -0.164. The van der Waals surface area contributed by atoms with E-state index in [0.717, 1.165) is 0 Å². The van der Waals surface area contributed by atoms with Crippen molar-refractivity contribution in [1.82, 2.24) is 0 Å². The molecule has 19 heavy (non-hydrogen) atoms. The zero-order valence-corrected chi connectivity index (χ0v) is 11.5. The fourth-order valence-corrected chi connectivity index (χ4v) is 2.02. The Labute approximate surface area is 118 Å². The summed E-state index contributed by atoms with van der Waals surface area (Å²) in [6, 6.07) is 11.6. The molecule has 0 aliphatic carbocycles. The van der Waals surface area contributed by atoms with Gasteiger partial charge in [0.25, 0.3) is 5.91 Å². The van der Waals surface area contributed by atoms with Crippen LogP contribution >= 0.6 is 15.9 Å². The number of benzene rings is 2. The molecule has 0 aromatic heterocycles. The smallest absolute Gasteiger partial charge is 0.259 e. The van der Waals surface area contributed by atoms with Gasteiger partial charge in [-0.25, -0.2) is 0 Å². The summed E-state index contributed by atoms with van der Waals surface area (Å²) in [5.74, 6) is -0.528. The van der Waals surface area contributed by atoms with Gasteiger partial charge in [-0.2, -0.15) is 0 Å². The fourth-order valence-electron chi connectivity index (χ4n) is 1.67. The number of para-hydroxylation sites is 1. The molecule has 5 heteroatoms. The Morgan fingerprint density at radius 1 is 1.21 bits per heavy atom. The number of halogens is 1. The number of amides is 1. The minimum atomic E-state index is -0.425. The van der Waals surface area contributed by atoms with Crippen LogP contribution in [0.1, 0.15) is 15.9 Å². The number of phenolic OH excluding ortho intramolecular Hbond substituents is 1. The zero-order valence-electron chi connectivity index (χ0n) is 9.93. The molecule has 0 saturated carbocycles. The van der Waals surface area contributed by atoms with Crippen LogP contribution in [0.15, 0.2) is 46.9 Å². The van der Waals surface area contributed by atoms with Crippen molar-refractivity contribution < 1.29 is 15.0 Å². The Morgan fingerprint density at radius 2 is 1.95 bits per heavy atom. The first-order valence-corrected chi connectivity index (χ1v) is 6.39. The van der Waals surface area contributed by atoms with E-state index in [0.29, 0.717) is 15.7 Å². The third-order valence-electron chi connectivity index (χ3n) is 2.64. The summed E-state index contributed by atoms with van der Waals surface area (Å²) in [4.78, 5) is 12.0. The van der Waals surface area contributed by atoms with Gasteiger partial charge in [-0.15, -0.1) is 0 Å². The van der Waals surface area contributed by atoms with Crippen molar-refractivity contribution in [1.29, 1.82) is 0 Å². The predicted octanol–water partition coefficient (Wildman–Crippen LogP) is 2.90. The number of hydrogen-bond acceptors (Lipinski definition) is 3. The maximum atomic E-state index is 12.0. The molecular weight excluding hydrogens is 310 g/mol. The topological polar surface area (TPSA) is 69.6 Å². The highest BCUT2D eigenvalue weighted by Crippen LogP contribution is 2.24. The monoisotopic (exact) mass is 321 g/mol. The first-order valence-electron chi connectivity index (χ1n) is 5.60. The molecule has 2 rings (SSSR count). The van der Waals surface area contributed by atoms with Gasteiger partial charge in [0, 0.05) is 15.7 Å². The molecule has 0 spiro atoms.